The summed E-state index contributed by atoms with van der Waals surface area (Å²) < 4.78 is 0. The van der Waals surface area contributed by atoms with Crippen LogP contribution >= 0.6 is 0 Å². The van der Waals surface area contributed by atoms with E-state index in [2.05, 4.69) is 10.3 Å². The summed E-state index contributed by atoms with van der Waals surface area (Å²) >= 11 is 0. The van der Waals surface area contributed by atoms with Crippen molar-refractivity contribution >= 4 is 22.6 Å². The minimum Gasteiger partial charge on any atom is -0.480 e. The number of nitrogens with zero attached hydrogens (tertiary/aromatic N) is 1. The summed E-state index contributed by atoms with van der Waals surface area (Å²) in [4.78, 5) is 15.1. The molecule has 0 aliphatic carbocycles. The number of aryl methyl sites for hydroxylation is 1. The number of rotatable bonds is 3. The Morgan fingerprint density at radius 3 is 2.82 bits per heavy atom. The summed E-state index contributed by atoms with van der Waals surface area (Å²) in [7, 11) is 0. The van der Waals surface area contributed by atoms with Crippen molar-refractivity contribution in [2.24, 2.45) is 0 Å². The molecule has 1 aromatic carbocycles. The summed E-state index contributed by atoms with van der Waals surface area (Å²) in [6.07, 6.45) is 0. The van der Waals surface area contributed by atoms with Crippen molar-refractivity contribution in [1.29, 1.82) is 0 Å². The third kappa shape index (κ3) is 2.53. The predicted octanol–water partition coefficient (Wildman–Crippen LogP) is 2.43. The van der Waals surface area contributed by atoms with Crippen LogP contribution in [-0.2, 0) is 4.79 Å². The highest BCUT2D eigenvalue weighted by Crippen LogP contribution is 2.18. The number of hydrogen-bond acceptors (Lipinski definition) is 3. The minimum absolute atomic E-state index is 0.606. The number of hydrogen-bond donors (Lipinski definition) is 2. The average molecular weight is 230 g/mol. The average Bonchev–Trinajstić information content (AvgIpc) is 2.29. The molecule has 0 saturated heterocycles. The summed E-state index contributed by atoms with van der Waals surface area (Å²) in [6.45, 7) is 3.55. The molecule has 0 aliphatic rings. The zero-order valence-corrected chi connectivity index (χ0v) is 9.77. The molecule has 1 atom stereocenters. The van der Waals surface area contributed by atoms with Gasteiger partial charge in [-0.25, -0.2) is 0 Å². The molecule has 4 heteroatoms. The summed E-state index contributed by atoms with van der Waals surface area (Å²) in [5.74, 6) is -0.868. The van der Waals surface area contributed by atoms with Crippen molar-refractivity contribution in [3.63, 3.8) is 0 Å². The Hall–Kier alpha value is -2.10. The quantitative estimate of drug-likeness (QED) is 0.850. The number of carboxylic acids is 1. The molecule has 0 fully saturated rings. The van der Waals surface area contributed by atoms with Gasteiger partial charge in [-0.3, -0.25) is 9.78 Å². The van der Waals surface area contributed by atoms with Crippen molar-refractivity contribution < 1.29 is 9.90 Å². The second-order valence-electron chi connectivity index (χ2n) is 4.06. The number of fused-ring (bicyclic) bond motifs is 1. The van der Waals surface area contributed by atoms with E-state index in [1.54, 1.807) is 6.92 Å². The number of carbonyl (C=O) groups is 1. The molecule has 2 N–H and O–H groups in total. The van der Waals surface area contributed by atoms with Crippen LogP contribution in [0.15, 0.2) is 30.3 Å². The van der Waals surface area contributed by atoms with Crippen LogP contribution < -0.4 is 5.32 Å². The molecule has 0 saturated carbocycles. The van der Waals surface area contributed by atoms with Gasteiger partial charge in [0.15, 0.2) is 0 Å². The lowest BCUT2D eigenvalue weighted by Crippen LogP contribution is -2.25. The van der Waals surface area contributed by atoms with Crippen LogP contribution in [0.4, 0.5) is 5.69 Å². The van der Waals surface area contributed by atoms with E-state index in [0.29, 0.717) is 0 Å². The second-order valence-corrected chi connectivity index (χ2v) is 4.06. The van der Waals surface area contributed by atoms with Crippen molar-refractivity contribution in [1.82, 2.24) is 4.98 Å². The van der Waals surface area contributed by atoms with Gasteiger partial charge >= 0.3 is 5.97 Å². The monoisotopic (exact) mass is 230 g/mol. The maximum absolute atomic E-state index is 10.7. The first-order valence-corrected chi connectivity index (χ1v) is 5.43. The van der Waals surface area contributed by atoms with Crippen LogP contribution in [0.25, 0.3) is 10.9 Å². The highest BCUT2D eigenvalue weighted by molar-refractivity contribution is 5.84. The summed E-state index contributed by atoms with van der Waals surface area (Å²) in [6, 6.07) is 8.95. The zero-order chi connectivity index (χ0) is 12.4. The number of benzene rings is 1. The van der Waals surface area contributed by atoms with Gasteiger partial charge in [-0.2, -0.15) is 0 Å². The lowest BCUT2D eigenvalue weighted by atomic mass is 10.1. The van der Waals surface area contributed by atoms with Gasteiger partial charge in [0, 0.05) is 16.8 Å². The molecule has 2 rings (SSSR count). The van der Waals surface area contributed by atoms with Crippen LogP contribution in [0.1, 0.15) is 12.6 Å². The molecular weight excluding hydrogens is 216 g/mol. The van der Waals surface area contributed by atoms with Crippen molar-refractivity contribution in [2.45, 2.75) is 19.9 Å². The van der Waals surface area contributed by atoms with Gasteiger partial charge < -0.3 is 10.4 Å². The van der Waals surface area contributed by atoms with Gasteiger partial charge in [0.25, 0.3) is 0 Å². The Bertz CT molecular complexity index is 566. The van der Waals surface area contributed by atoms with Crippen molar-refractivity contribution in [2.75, 3.05) is 5.32 Å². The number of nitrogens with one attached hydrogen (secondary N) is 1. The standard InChI is InChI=1S/C13H14N2O2/c1-8-3-4-10-7-11(5-6-12(10)14-8)15-9(2)13(16)17/h3-7,9,15H,1-2H3,(H,16,17)/t9-/m0/s1. The van der Waals surface area contributed by atoms with Gasteiger partial charge in [-0.15, -0.1) is 0 Å². The van der Waals surface area contributed by atoms with Gasteiger partial charge in [0.1, 0.15) is 6.04 Å². The third-order valence-electron chi connectivity index (χ3n) is 2.58. The first kappa shape index (κ1) is 11.4. The Labute approximate surface area is 99.3 Å². The minimum atomic E-state index is -0.868. The molecule has 1 aromatic heterocycles. The number of pyridine rings is 1. The zero-order valence-electron chi connectivity index (χ0n) is 9.77. The van der Waals surface area contributed by atoms with Gasteiger partial charge in [-0.1, -0.05) is 6.07 Å². The lowest BCUT2D eigenvalue weighted by Gasteiger charge is -2.11. The van der Waals surface area contributed by atoms with Crippen LogP contribution in [0.5, 0.6) is 0 Å². The number of anilines is 1. The van der Waals surface area contributed by atoms with Crippen LogP contribution in [0.2, 0.25) is 0 Å². The normalized spacial score (nSPS) is 12.4. The van der Waals surface area contributed by atoms with Crippen molar-refractivity contribution in [3.05, 3.63) is 36.0 Å². The van der Waals surface area contributed by atoms with E-state index in [9.17, 15) is 4.79 Å². The third-order valence-corrected chi connectivity index (χ3v) is 2.58. The Balaban J connectivity index is 2.32. The molecule has 1 heterocycles. The van der Waals surface area contributed by atoms with E-state index in [-0.39, 0.29) is 0 Å². The van der Waals surface area contributed by atoms with E-state index in [1.165, 1.54) is 0 Å². The highest BCUT2D eigenvalue weighted by Gasteiger charge is 2.10. The van der Waals surface area contributed by atoms with E-state index < -0.39 is 12.0 Å². The Morgan fingerprint density at radius 1 is 1.35 bits per heavy atom. The first-order chi connectivity index (χ1) is 8.06. The molecule has 17 heavy (non-hydrogen) atoms. The predicted molar refractivity (Wildman–Crippen MR) is 67.2 cm³/mol. The molecule has 0 radical (unpaired) electrons. The molecular formula is C13H14N2O2. The van der Waals surface area contributed by atoms with E-state index >= 15 is 0 Å². The Kier molecular flexibility index (Phi) is 2.95. The fourth-order valence-electron chi connectivity index (χ4n) is 1.63. The van der Waals surface area contributed by atoms with Gasteiger partial charge in [0.05, 0.1) is 5.52 Å². The van der Waals surface area contributed by atoms with Crippen LogP contribution in [-0.4, -0.2) is 22.1 Å². The van der Waals surface area contributed by atoms with E-state index in [1.807, 2.05) is 37.3 Å². The molecule has 0 unspecified atom stereocenters. The molecule has 2 aromatic rings. The summed E-state index contributed by atoms with van der Waals surface area (Å²) in [5.41, 5.74) is 2.67. The first-order valence-electron chi connectivity index (χ1n) is 5.43. The fourth-order valence-corrected chi connectivity index (χ4v) is 1.63. The van der Waals surface area contributed by atoms with Crippen LogP contribution in [0, 0.1) is 6.92 Å². The van der Waals surface area contributed by atoms with Crippen molar-refractivity contribution in [3.8, 4) is 0 Å². The lowest BCUT2D eigenvalue weighted by molar-refractivity contribution is -0.137. The fraction of sp³-hybridized carbons (Fsp3) is 0.231. The van der Waals surface area contributed by atoms with E-state index in [0.717, 1.165) is 22.3 Å². The SMILES string of the molecule is Cc1ccc2cc(N[C@@H](C)C(=O)O)ccc2n1. The van der Waals surface area contributed by atoms with Crippen LogP contribution in [0.3, 0.4) is 0 Å². The molecule has 4 nitrogen and oxygen atoms in total. The van der Waals surface area contributed by atoms with E-state index in [4.69, 9.17) is 5.11 Å². The molecule has 88 valence electrons. The summed E-state index contributed by atoms with van der Waals surface area (Å²) in [5, 5.41) is 12.7. The topological polar surface area (TPSA) is 62.2 Å². The number of aliphatic carboxylic acids is 1. The maximum atomic E-state index is 10.7. The second kappa shape index (κ2) is 4.41. The maximum Gasteiger partial charge on any atom is 0.325 e. The largest absolute Gasteiger partial charge is 0.480 e. The molecule has 0 amide bonds. The Morgan fingerprint density at radius 2 is 2.12 bits per heavy atom. The molecule has 0 aliphatic heterocycles. The highest BCUT2D eigenvalue weighted by atomic mass is 16.4. The van der Waals surface area contributed by atoms with Gasteiger partial charge in [0.2, 0.25) is 0 Å². The number of carboxylic acid groups (broad SMARTS) is 1. The van der Waals surface area contributed by atoms with Gasteiger partial charge in [-0.05, 0) is 38.1 Å². The smallest absolute Gasteiger partial charge is 0.325 e. The molecule has 0 bridgehead atoms. The molecule has 0 spiro atoms. The number of aromatic nitrogens is 1.